The number of ether oxygens (including phenoxy) is 2. The highest BCUT2D eigenvalue weighted by Gasteiger charge is 2.17. The van der Waals surface area contributed by atoms with E-state index in [0.29, 0.717) is 18.0 Å². The normalized spacial score (nSPS) is 16.6. The van der Waals surface area contributed by atoms with Gasteiger partial charge in [-0.15, -0.1) is 0 Å². The number of methoxy groups -OCH3 is 2. The van der Waals surface area contributed by atoms with Gasteiger partial charge in [-0.1, -0.05) is 6.42 Å². The van der Waals surface area contributed by atoms with Crippen molar-refractivity contribution in [2.24, 2.45) is 0 Å². The number of piperidine rings is 1. The second kappa shape index (κ2) is 5.96. The van der Waals surface area contributed by atoms with Crippen LogP contribution < -0.4 is 9.47 Å². The van der Waals surface area contributed by atoms with Gasteiger partial charge in [0.05, 0.1) is 25.8 Å². The first kappa shape index (κ1) is 13.0. The van der Waals surface area contributed by atoms with E-state index in [2.05, 4.69) is 11.0 Å². The Morgan fingerprint density at radius 3 is 2.56 bits per heavy atom. The molecule has 1 fully saturated rings. The lowest BCUT2D eigenvalue weighted by molar-refractivity contribution is 0.215. The van der Waals surface area contributed by atoms with Crippen LogP contribution in [-0.2, 0) is 6.54 Å². The Hall–Kier alpha value is -1.42. The number of hydrogen-bond acceptors (Lipinski definition) is 4. The predicted octanol–water partition coefficient (Wildman–Crippen LogP) is 2.20. The standard InChI is InChI=1S/C14H20NO3/c1-17-11-8-13(16)12(14(9-11)18-2)10-15-6-4-3-5-7-15/h9,16H,3-7,10H2,1-2H3. The number of rotatable bonds is 4. The number of hydrogen-bond donors (Lipinski definition) is 1. The minimum absolute atomic E-state index is 0.122. The molecule has 4 nitrogen and oxygen atoms in total. The van der Waals surface area contributed by atoms with Gasteiger partial charge in [0.2, 0.25) is 0 Å². The van der Waals surface area contributed by atoms with Gasteiger partial charge in [-0.05, 0) is 25.9 Å². The van der Waals surface area contributed by atoms with Crippen molar-refractivity contribution >= 4 is 0 Å². The molecule has 1 aromatic rings. The molecule has 0 bridgehead atoms. The third kappa shape index (κ3) is 2.88. The Morgan fingerprint density at radius 1 is 1.22 bits per heavy atom. The smallest absolute Gasteiger partial charge is 0.135 e. The summed E-state index contributed by atoms with van der Waals surface area (Å²) in [5.41, 5.74) is 0.792. The van der Waals surface area contributed by atoms with E-state index in [0.717, 1.165) is 18.7 Å². The summed E-state index contributed by atoms with van der Waals surface area (Å²) in [6, 6.07) is 4.58. The van der Waals surface area contributed by atoms with Crippen LogP contribution in [0, 0.1) is 6.07 Å². The summed E-state index contributed by atoms with van der Waals surface area (Å²) >= 11 is 0. The van der Waals surface area contributed by atoms with E-state index in [-0.39, 0.29) is 5.75 Å². The molecule has 0 aliphatic carbocycles. The highest BCUT2D eigenvalue weighted by atomic mass is 16.5. The number of nitrogens with zero attached hydrogens (tertiary/aromatic N) is 1. The molecule has 0 unspecified atom stereocenters. The summed E-state index contributed by atoms with van der Waals surface area (Å²) in [5.74, 6) is 1.28. The first-order chi connectivity index (χ1) is 8.74. The van der Waals surface area contributed by atoms with Crippen LogP contribution in [0.15, 0.2) is 6.07 Å². The molecule has 1 heterocycles. The molecule has 18 heavy (non-hydrogen) atoms. The van der Waals surface area contributed by atoms with E-state index < -0.39 is 0 Å². The van der Waals surface area contributed by atoms with E-state index >= 15 is 0 Å². The average Bonchev–Trinajstić information content (AvgIpc) is 2.42. The zero-order valence-corrected chi connectivity index (χ0v) is 11.0. The molecule has 0 saturated carbocycles. The van der Waals surface area contributed by atoms with Crippen LogP contribution in [0.5, 0.6) is 17.2 Å². The van der Waals surface area contributed by atoms with Crippen LogP contribution in [0.2, 0.25) is 0 Å². The number of phenolic OH excluding ortho intramolecular Hbond substituents is 1. The molecule has 2 rings (SSSR count). The Kier molecular flexibility index (Phi) is 4.31. The van der Waals surface area contributed by atoms with Crippen molar-refractivity contribution in [3.8, 4) is 17.2 Å². The van der Waals surface area contributed by atoms with Crippen molar-refractivity contribution in [1.29, 1.82) is 0 Å². The van der Waals surface area contributed by atoms with Gasteiger partial charge in [0.1, 0.15) is 17.2 Å². The second-order valence-electron chi connectivity index (χ2n) is 4.57. The van der Waals surface area contributed by atoms with E-state index in [1.165, 1.54) is 19.3 Å². The van der Waals surface area contributed by atoms with E-state index in [1.807, 2.05) is 0 Å². The largest absolute Gasteiger partial charge is 0.507 e. The van der Waals surface area contributed by atoms with Gasteiger partial charge in [0, 0.05) is 12.6 Å². The zero-order valence-electron chi connectivity index (χ0n) is 11.0. The lowest BCUT2D eigenvalue weighted by Gasteiger charge is -2.27. The molecule has 1 N–H and O–H groups in total. The fourth-order valence-electron chi connectivity index (χ4n) is 2.34. The quantitative estimate of drug-likeness (QED) is 0.889. The van der Waals surface area contributed by atoms with Gasteiger partial charge in [0.15, 0.2) is 0 Å². The van der Waals surface area contributed by atoms with Crippen LogP contribution in [0.1, 0.15) is 24.8 Å². The molecular formula is C14H20NO3. The van der Waals surface area contributed by atoms with Gasteiger partial charge in [-0.25, -0.2) is 0 Å². The fourth-order valence-corrected chi connectivity index (χ4v) is 2.34. The number of benzene rings is 1. The van der Waals surface area contributed by atoms with Gasteiger partial charge < -0.3 is 14.6 Å². The molecule has 4 heteroatoms. The van der Waals surface area contributed by atoms with E-state index in [9.17, 15) is 5.11 Å². The highest BCUT2D eigenvalue weighted by molar-refractivity contribution is 5.48. The number of likely N-dealkylation sites (tertiary alicyclic amines) is 1. The van der Waals surface area contributed by atoms with Crippen LogP contribution in [-0.4, -0.2) is 37.3 Å². The molecule has 0 amide bonds. The number of aromatic hydroxyl groups is 1. The lowest BCUT2D eigenvalue weighted by Crippen LogP contribution is -2.29. The van der Waals surface area contributed by atoms with Crippen molar-refractivity contribution in [2.45, 2.75) is 25.8 Å². The molecule has 1 aliphatic heterocycles. The monoisotopic (exact) mass is 250 g/mol. The molecule has 1 saturated heterocycles. The Labute approximate surface area is 108 Å². The van der Waals surface area contributed by atoms with Crippen LogP contribution in [0.3, 0.4) is 0 Å². The summed E-state index contributed by atoms with van der Waals surface area (Å²) in [7, 11) is 3.16. The molecular weight excluding hydrogens is 230 g/mol. The van der Waals surface area contributed by atoms with Gasteiger partial charge in [0.25, 0.3) is 0 Å². The van der Waals surface area contributed by atoms with Crippen molar-refractivity contribution in [3.05, 3.63) is 17.7 Å². The first-order valence-corrected chi connectivity index (χ1v) is 6.33. The van der Waals surface area contributed by atoms with Crippen molar-refractivity contribution in [3.63, 3.8) is 0 Å². The lowest BCUT2D eigenvalue weighted by atomic mass is 10.1. The van der Waals surface area contributed by atoms with Gasteiger partial charge >= 0.3 is 0 Å². The van der Waals surface area contributed by atoms with E-state index in [4.69, 9.17) is 9.47 Å². The predicted molar refractivity (Wildman–Crippen MR) is 69.2 cm³/mol. The van der Waals surface area contributed by atoms with Gasteiger partial charge in [-0.2, -0.15) is 0 Å². The fraction of sp³-hybridized carbons (Fsp3) is 0.571. The summed E-state index contributed by atoms with van der Waals surface area (Å²) in [5, 5.41) is 10.0. The summed E-state index contributed by atoms with van der Waals surface area (Å²) < 4.78 is 10.4. The van der Waals surface area contributed by atoms with Crippen LogP contribution in [0.4, 0.5) is 0 Å². The molecule has 0 spiro atoms. The van der Waals surface area contributed by atoms with Crippen molar-refractivity contribution < 1.29 is 14.6 Å². The summed E-state index contributed by atoms with van der Waals surface area (Å²) in [4.78, 5) is 2.33. The maximum atomic E-state index is 10.0. The molecule has 1 radical (unpaired) electrons. The molecule has 0 aromatic heterocycles. The average molecular weight is 250 g/mol. The maximum Gasteiger partial charge on any atom is 0.135 e. The molecule has 0 atom stereocenters. The zero-order chi connectivity index (χ0) is 13.0. The molecule has 1 aromatic carbocycles. The first-order valence-electron chi connectivity index (χ1n) is 6.33. The number of phenols is 1. The topological polar surface area (TPSA) is 41.9 Å². The third-order valence-electron chi connectivity index (χ3n) is 3.36. The minimum Gasteiger partial charge on any atom is -0.507 e. The highest BCUT2D eigenvalue weighted by Crippen LogP contribution is 2.34. The van der Waals surface area contributed by atoms with Crippen LogP contribution in [0.25, 0.3) is 0 Å². The summed E-state index contributed by atoms with van der Waals surface area (Å²) in [6.45, 7) is 2.86. The maximum absolute atomic E-state index is 10.0. The third-order valence-corrected chi connectivity index (χ3v) is 3.36. The Balaban J connectivity index is 2.19. The van der Waals surface area contributed by atoms with Crippen molar-refractivity contribution in [2.75, 3.05) is 27.3 Å². The second-order valence-corrected chi connectivity index (χ2v) is 4.57. The minimum atomic E-state index is 0.122. The van der Waals surface area contributed by atoms with E-state index in [1.54, 1.807) is 20.3 Å². The SMILES string of the molecule is COc1[c]c(O)c(CN2CCCCC2)c(OC)c1. The molecule has 1 aliphatic rings. The van der Waals surface area contributed by atoms with Gasteiger partial charge in [-0.3, -0.25) is 4.90 Å². The molecule has 99 valence electrons. The summed E-state index contributed by atoms with van der Waals surface area (Å²) in [6.07, 6.45) is 3.75. The Bertz CT molecular complexity index is 400. The Morgan fingerprint density at radius 2 is 1.94 bits per heavy atom. The van der Waals surface area contributed by atoms with Crippen molar-refractivity contribution in [1.82, 2.24) is 4.90 Å². The van der Waals surface area contributed by atoms with Crippen LogP contribution >= 0.6 is 0 Å².